The molecule has 0 aliphatic carbocycles. The Labute approximate surface area is 119 Å². The van der Waals surface area contributed by atoms with Gasteiger partial charge in [-0.15, -0.1) is 0 Å². The molecule has 0 unspecified atom stereocenters. The number of carbonyl (C=O) groups excluding carboxylic acids is 1. The zero-order chi connectivity index (χ0) is 14.5. The van der Waals surface area contributed by atoms with E-state index < -0.39 is 4.92 Å². The Kier molecular flexibility index (Phi) is 4.41. The minimum absolute atomic E-state index is 0.0172. The third-order valence-electron chi connectivity index (χ3n) is 2.61. The zero-order valence-corrected chi connectivity index (χ0v) is 11.5. The minimum Gasteiger partial charge on any atom is -0.468 e. The zero-order valence-electron chi connectivity index (χ0n) is 10.7. The van der Waals surface area contributed by atoms with Gasteiger partial charge >= 0.3 is 5.97 Å². The van der Waals surface area contributed by atoms with E-state index in [0.717, 1.165) is 5.03 Å². The fraction of sp³-hybridized carbons (Fsp3) is 0.154. The van der Waals surface area contributed by atoms with Gasteiger partial charge in [0.25, 0.3) is 5.69 Å². The number of ether oxygens (including phenoxy) is 1. The van der Waals surface area contributed by atoms with Crippen molar-refractivity contribution in [2.45, 2.75) is 5.03 Å². The second-order valence-electron chi connectivity index (χ2n) is 3.83. The highest BCUT2D eigenvalue weighted by Crippen LogP contribution is 2.28. The summed E-state index contributed by atoms with van der Waals surface area (Å²) in [5, 5.41) is 11.8. The number of rotatable bonds is 5. The summed E-state index contributed by atoms with van der Waals surface area (Å²) in [5.74, 6) is -0.188. The van der Waals surface area contributed by atoms with E-state index in [1.807, 2.05) is 0 Å². The summed E-state index contributed by atoms with van der Waals surface area (Å²) < 4.78 is 6.27. The number of nitro groups is 1. The Bertz CT molecular complexity index is 639. The number of carbonyl (C=O) groups is 1. The van der Waals surface area contributed by atoms with Crippen LogP contribution in [0.1, 0.15) is 0 Å². The molecule has 0 spiro atoms. The van der Waals surface area contributed by atoms with Crippen LogP contribution in [0.2, 0.25) is 0 Å². The summed E-state index contributed by atoms with van der Waals surface area (Å²) in [4.78, 5) is 21.8. The van der Waals surface area contributed by atoms with Crippen molar-refractivity contribution in [2.75, 3.05) is 12.9 Å². The summed E-state index contributed by atoms with van der Waals surface area (Å²) in [6.07, 6.45) is 1.72. The lowest BCUT2D eigenvalue weighted by Crippen LogP contribution is -2.05. The van der Waals surface area contributed by atoms with Crippen molar-refractivity contribution in [3.05, 3.63) is 52.7 Å². The van der Waals surface area contributed by atoms with Gasteiger partial charge in [0.2, 0.25) is 0 Å². The molecule has 0 atom stereocenters. The molecular weight excluding hydrogens is 280 g/mol. The van der Waals surface area contributed by atoms with Crippen LogP contribution in [-0.4, -0.2) is 28.3 Å². The summed E-state index contributed by atoms with van der Waals surface area (Å²) in [5.41, 5.74) is 0.485. The van der Waals surface area contributed by atoms with Crippen LogP contribution >= 0.6 is 11.8 Å². The lowest BCUT2D eigenvalue weighted by atomic mass is 10.2. The molecule has 7 heteroatoms. The second-order valence-corrected chi connectivity index (χ2v) is 4.82. The van der Waals surface area contributed by atoms with E-state index in [0.29, 0.717) is 5.69 Å². The third-order valence-corrected chi connectivity index (χ3v) is 3.62. The van der Waals surface area contributed by atoms with Crippen molar-refractivity contribution in [3.63, 3.8) is 0 Å². The van der Waals surface area contributed by atoms with E-state index in [1.54, 1.807) is 41.1 Å². The van der Waals surface area contributed by atoms with Gasteiger partial charge in [0, 0.05) is 12.3 Å². The smallest absolute Gasteiger partial charge is 0.316 e. The molecule has 6 nitrogen and oxygen atoms in total. The van der Waals surface area contributed by atoms with Crippen LogP contribution in [0.25, 0.3) is 5.69 Å². The minimum atomic E-state index is -0.427. The van der Waals surface area contributed by atoms with E-state index in [9.17, 15) is 14.9 Å². The fourth-order valence-electron chi connectivity index (χ4n) is 1.70. The highest BCUT2D eigenvalue weighted by Gasteiger charge is 2.16. The molecule has 0 fully saturated rings. The first-order valence-electron chi connectivity index (χ1n) is 5.74. The van der Waals surface area contributed by atoms with Crippen molar-refractivity contribution in [3.8, 4) is 5.69 Å². The Balaban J connectivity index is 2.33. The van der Waals surface area contributed by atoms with Crippen LogP contribution in [0.5, 0.6) is 0 Å². The van der Waals surface area contributed by atoms with Gasteiger partial charge in [0.05, 0.1) is 22.8 Å². The van der Waals surface area contributed by atoms with Gasteiger partial charge in [-0.3, -0.25) is 14.9 Å². The van der Waals surface area contributed by atoms with Crippen LogP contribution < -0.4 is 0 Å². The largest absolute Gasteiger partial charge is 0.468 e. The number of hydrogen-bond acceptors (Lipinski definition) is 5. The Morgan fingerprint density at radius 2 is 2.10 bits per heavy atom. The Morgan fingerprint density at radius 1 is 1.35 bits per heavy atom. The molecule has 0 aliphatic heterocycles. The van der Waals surface area contributed by atoms with Crippen molar-refractivity contribution in [1.82, 2.24) is 4.57 Å². The molecule has 0 aliphatic rings. The van der Waals surface area contributed by atoms with Crippen molar-refractivity contribution < 1.29 is 14.5 Å². The lowest BCUT2D eigenvalue weighted by Gasteiger charge is -2.08. The molecular formula is C13H12N2O4S. The first-order chi connectivity index (χ1) is 9.63. The first-order valence-corrected chi connectivity index (χ1v) is 6.73. The molecule has 2 rings (SSSR count). The maximum absolute atomic E-state index is 11.2. The van der Waals surface area contributed by atoms with Crippen molar-refractivity contribution in [2.24, 2.45) is 0 Å². The molecule has 20 heavy (non-hydrogen) atoms. The van der Waals surface area contributed by atoms with E-state index in [-0.39, 0.29) is 17.4 Å². The molecule has 0 saturated heterocycles. The topological polar surface area (TPSA) is 74.4 Å². The molecule has 0 saturated carbocycles. The predicted octanol–water partition coefficient (Wildman–Crippen LogP) is 2.65. The maximum Gasteiger partial charge on any atom is 0.316 e. The molecule has 1 aromatic carbocycles. The number of nitrogens with zero attached hydrogens (tertiary/aromatic N) is 2. The molecule has 1 aromatic heterocycles. The highest BCUT2D eigenvalue weighted by atomic mass is 32.2. The number of para-hydroxylation sites is 2. The van der Waals surface area contributed by atoms with Gasteiger partial charge in [0.1, 0.15) is 5.69 Å². The average molecular weight is 292 g/mol. The van der Waals surface area contributed by atoms with Crippen LogP contribution in [0.3, 0.4) is 0 Å². The highest BCUT2D eigenvalue weighted by molar-refractivity contribution is 7.99. The van der Waals surface area contributed by atoms with Gasteiger partial charge in [-0.2, -0.15) is 0 Å². The van der Waals surface area contributed by atoms with E-state index in [4.69, 9.17) is 0 Å². The van der Waals surface area contributed by atoms with Gasteiger partial charge in [-0.1, -0.05) is 23.9 Å². The number of methoxy groups -OCH3 is 1. The molecule has 1 heterocycles. The van der Waals surface area contributed by atoms with Crippen LogP contribution in [0, 0.1) is 10.1 Å². The number of hydrogen-bond donors (Lipinski definition) is 0. The Morgan fingerprint density at radius 3 is 2.80 bits per heavy atom. The van der Waals surface area contributed by atoms with Crippen LogP contribution in [-0.2, 0) is 9.53 Å². The number of nitro benzene ring substituents is 1. The SMILES string of the molecule is COC(=O)CSc1cccn1-c1ccccc1[N+](=O)[O-]. The van der Waals surface area contributed by atoms with Crippen molar-refractivity contribution in [1.29, 1.82) is 0 Å². The maximum atomic E-state index is 11.2. The van der Waals surface area contributed by atoms with Crippen molar-refractivity contribution >= 4 is 23.4 Å². The molecule has 104 valence electrons. The Hall–Kier alpha value is -2.28. The monoisotopic (exact) mass is 292 g/mol. The molecule has 0 N–H and O–H groups in total. The normalized spacial score (nSPS) is 10.2. The summed E-state index contributed by atoms with van der Waals surface area (Å²) in [6.45, 7) is 0. The molecule has 2 aromatic rings. The number of benzene rings is 1. The van der Waals surface area contributed by atoms with E-state index >= 15 is 0 Å². The summed E-state index contributed by atoms with van der Waals surface area (Å²) >= 11 is 1.27. The van der Waals surface area contributed by atoms with Crippen LogP contribution in [0.4, 0.5) is 5.69 Å². The quantitative estimate of drug-likeness (QED) is 0.366. The van der Waals surface area contributed by atoms with Gasteiger partial charge < -0.3 is 9.30 Å². The number of thioether (sulfide) groups is 1. The lowest BCUT2D eigenvalue weighted by molar-refractivity contribution is -0.384. The number of esters is 1. The second kappa shape index (κ2) is 6.25. The van der Waals surface area contributed by atoms with Gasteiger partial charge in [-0.05, 0) is 18.2 Å². The van der Waals surface area contributed by atoms with E-state index in [2.05, 4.69) is 4.74 Å². The standard InChI is InChI=1S/C13H12N2O4S/c1-19-13(16)9-20-12-7-4-8-14(12)10-5-2-3-6-11(10)15(17)18/h2-8H,9H2,1H3. The van der Waals surface area contributed by atoms with Gasteiger partial charge in [0.15, 0.2) is 0 Å². The third kappa shape index (κ3) is 3.00. The molecule has 0 bridgehead atoms. The van der Waals surface area contributed by atoms with Gasteiger partial charge in [-0.25, -0.2) is 0 Å². The molecule has 0 radical (unpaired) electrons. The number of aromatic nitrogens is 1. The first kappa shape index (κ1) is 14.1. The van der Waals surface area contributed by atoms with E-state index in [1.165, 1.54) is 24.9 Å². The predicted molar refractivity (Wildman–Crippen MR) is 75.2 cm³/mol. The summed E-state index contributed by atoms with van der Waals surface area (Å²) in [7, 11) is 1.32. The van der Waals surface area contributed by atoms with Crippen LogP contribution in [0.15, 0.2) is 47.6 Å². The fourth-order valence-corrected chi connectivity index (χ4v) is 2.55. The average Bonchev–Trinajstić information content (AvgIpc) is 2.92. The molecule has 0 amide bonds. The summed E-state index contributed by atoms with van der Waals surface area (Å²) in [6, 6.07) is 10.0.